The van der Waals surface area contributed by atoms with Gasteiger partial charge in [0.25, 0.3) is 0 Å². The third kappa shape index (κ3) is 45.4. The summed E-state index contributed by atoms with van der Waals surface area (Å²) in [4.78, 5) is 226. The molecule has 39 nitrogen and oxygen atoms in total. The molecule has 1 saturated carbocycles. The number of aliphatic carboxylic acids is 4. The van der Waals surface area contributed by atoms with Crippen molar-refractivity contribution in [2.24, 2.45) is 52.0 Å². The minimum atomic E-state index is -1.51. The fraction of sp³-hybridized carbons (Fsp3) is 0.606. The number of fused-ring (bicyclic) bond motifs is 1. The molecular formula is C94H140N14O25. The van der Waals surface area contributed by atoms with Gasteiger partial charge in [-0.05, 0) is 112 Å². The molecule has 736 valence electrons. The number of nitrogens with zero attached hydrogens (tertiary/aromatic N) is 5. The van der Waals surface area contributed by atoms with Gasteiger partial charge >= 0.3 is 23.9 Å². The van der Waals surface area contributed by atoms with Crippen LogP contribution in [-0.2, 0) is 105 Å². The third-order valence-electron chi connectivity index (χ3n) is 23.2. The van der Waals surface area contributed by atoms with Crippen LogP contribution in [0.2, 0.25) is 0 Å². The van der Waals surface area contributed by atoms with E-state index < -0.39 is 182 Å². The molecule has 5 amide bonds. The van der Waals surface area contributed by atoms with E-state index in [-0.39, 0.29) is 126 Å². The van der Waals surface area contributed by atoms with Crippen LogP contribution in [0.1, 0.15) is 160 Å². The lowest BCUT2D eigenvalue weighted by molar-refractivity contribution is -0.141. The number of phenolic OH excluding ortho intramolecular Hbond substituents is 1. The molecular weight excluding hydrogens is 1730 g/mol. The highest BCUT2D eigenvalue weighted by Crippen LogP contribution is 2.32. The summed E-state index contributed by atoms with van der Waals surface area (Å²) < 4.78 is 10.9. The molecule has 6 rings (SSSR count). The number of aromatic amines is 1. The normalized spacial score (nSPS) is 15.9. The van der Waals surface area contributed by atoms with Crippen LogP contribution in [0.3, 0.4) is 0 Å². The molecule has 0 spiro atoms. The lowest BCUT2D eigenvalue weighted by Crippen LogP contribution is -2.50. The number of rotatable bonds is 61. The first-order valence-corrected chi connectivity index (χ1v) is 45.8. The Hall–Kier alpha value is -11.2. The van der Waals surface area contributed by atoms with Gasteiger partial charge in [0.2, 0.25) is 29.5 Å². The SMILES string of the molecule is CC(=O)CCC(=O)[C@H](CO)NC(=O)[C@@H](CC(=O)[C@H](CC(C)C)NC(=O)[C@@H](CC(=O)[C@@H](CCCN=C(N)N)NC(=O)[C@@H](CO)CC(=O)[C@H](Cc1ccccc1)NC(=O)[C@@H](CC(=O)[C@H](CC(=O)O)NC(C)=O)CC1CCCCC1)Cc1ccc(O)cc1)Cc1c[nH]c2ccccc12.CNCCOCCOCCCC(=O)CN1CCN(CC(=O)O)CCN(CC(=O)O)CCN(CC(=O)O)CC1. The monoisotopic (exact) mass is 1870 g/mol. The van der Waals surface area contributed by atoms with Crippen molar-refractivity contribution in [1.29, 1.82) is 0 Å². The van der Waals surface area contributed by atoms with Crippen LogP contribution in [0.25, 0.3) is 10.9 Å². The van der Waals surface area contributed by atoms with Gasteiger partial charge in [0.1, 0.15) is 23.4 Å². The van der Waals surface area contributed by atoms with E-state index in [1.54, 1.807) is 69.4 Å². The summed E-state index contributed by atoms with van der Waals surface area (Å²) in [6.45, 7) is 9.77. The molecule has 0 bridgehead atoms. The van der Waals surface area contributed by atoms with Gasteiger partial charge in [-0.15, -0.1) is 0 Å². The van der Waals surface area contributed by atoms with E-state index in [0.717, 1.165) is 56.5 Å². The molecule has 3 aromatic carbocycles. The number of ether oxygens (including phenoxy) is 2. The Labute approximate surface area is 776 Å². The topological polar surface area (TPSA) is 599 Å². The zero-order valence-corrected chi connectivity index (χ0v) is 77.3. The second kappa shape index (κ2) is 61.6. The van der Waals surface area contributed by atoms with Crippen molar-refractivity contribution in [2.45, 2.75) is 193 Å². The number of carbonyl (C=O) groups excluding carboxylic acids is 12. The lowest BCUT2D eigenvalue weighted by Gasteiger charge is -2.32. The number of aliphatic hydroxyl groups excluding tert-OH is 2. The van der Waals surface area contributed by atoms with Crippen molar-refractivity contribution in [2.75, 3.05) is 138 Å². The molecule has 0 unspecified atom stereocenters. The summed E-state index contributed by atoms with van der Waals surface area (Å²) in [6, 6.07) is 15.0. The number of hydrogen-bond donors (Lipinski definition) is 16. The summed E-state index contributed by atoms with van der Waals surface area (Å²) >= 11 is 0. The van der Waals surface area contributed by atoms with Crippen molar-refractivity contribution in [3.05, 3.63) is 102 Å². The van der Waals surface area contributed by atoms with E-state index in [4.69, 9.17) is 20.9 Å². The van der Waals surface area contributed by atoms with Gasteiger partial charge in [-0.3, -0.25) is 96.5 Å². The fourth-order valence-corrected chi connectivity index (χ4v) is 16.0. The Kier molecular flexibility index (Phi) is 52.0. The van der Waals surface area contributed by atoms with Crippen LogP contribution >= 0.6 is 0 Å². The summed E-state index contributed by atoms with van der Waals surface area (Å²) in [5, 5.41) is 85.8. The molecule has 2 aliphatic rings. The van der Waals surface area contributed by atoms with Gasteiger partial charge in [0, 0.05) is 159 Å². The lowest BCUT2D eigenvalue weighted by atomic mass is 9.80. The summed E-state index contributed by atoms with van der Waals surface area (Å²) in [6.07, 6.45) is 3.84. The molecule has 0 radical (unpaired) electrons. The maximum absolute atomic E-state index is 14.9. The molecule has 1 aliphatic carbocycles. The number of aliphatic imine (C=N–C) groups is 1. The Morgan fingerprint density at radius 1 is 0.481 bits per heavy atom. The number of ketones is 7. The van der Waals surface area contributed by atoms with Crippen LogP contribution in [0.4, 0.5) is 0 Å². The van der Waals surface area contributed by atoms with Gasteiger partial charge in [0.15, 0.2) is 34.9 Å². The number of likely N-dealkylation sites (N-methyl/N-ethyl adjacent to an activating group) is 1. The van der Waals surface area contributed by atoms with E-state index in [9.17, 15) is 112 Å². The van der Waals surface area contributed by atoms with Crippen molar-refractivity contribution < 1.29 is 122 Å². The maximum atomic E-state index is 14.9. The smallest absolute Gasteiger partial charge is 0.317 e. The summed E-state index contributed by atoms with van der Waals surface area (Å²) in [5.74, 6) is -17.0. The number of carbonyl (C=O) groups is 16. The van der Waals surface area contributed by atoms with E-state index >= 15 is 0 Å². The molecule has 133 heavy (non-hydrogen) atoms. The molecule has 1 aromatic heterocycles. The summed E-state index contributed by atoms with van der Waals surface area (Å²) in [5.41, 5.74) is 13.8. The number of para-hydroxylation sites is 1. The number of phenols is 1. The van der Waals surface area contributed by atoms with Gasteiger partial charge in [-0.2, -0.15) is 0 Å². The standard InChI is InChI=1S/C70H95N9O16.C24H45N5O9/c1-41(2)28-56(62(87)35-49(32-50-38-74-54-19-12-11-18-53(50)54)68(94)79-59(40-81)60(85)26-21-42(3)82)77-66(92)48(30-46-22-24-52(84)25-23-46)33-61(86)55(20-13-27-73-70(71)72)76-69(95)51(39-80)36-64(89)57(31-45-16-9-6-10-17-45)78-67(93)47(29-44-14-7-5-8-15-44)34-63(88)58(37-65(90)91)75-43(4)83;1-25-4-14-38-16-15-37-13-2-3-21(30)17-26-5-7-27(18-22(31)32)9-11-29(20-24(35)36)12-10-28(8-6-26)19-23(33)34/h6,9-12,16-19,22-25,38,41,44,47-49,51,55-59,74,80-81,84H,5,7-8,13-15,20-21,26-37,39-40H2,1-4H3,(H,75,83)(H,76,95)(H,77,92)(H,78,93)(H,79,94)(H,90,91)(H4,71,72,73);25H,2-20H2,1H3,(H,31,32)(H,33,34)(H,35,36)/t47-,48-,49-,51-,55-,56+,57+,58+,59+;/m1./s1. The van der Waals surface area contributed by atoms with Gasteiger partial charge in [-0.1, -0.05) is 107 Å². The van der Waals surface area contributed by atoms with Crippen LogP contribution in [0, 0.1) is 35.5 Å². The van der Waals surface area contributed by atoms with Gasteiger partial charge in [0.05, 0.1) is 95.7 Å². The average Bonchev–Trinajstić information content (AvgIpc) is 1.70. The van der Waals surface area contributed by atoms with E-state index in [1.165, 1.54) is 19.1 Å². The van der Waals surface area contributed by atoms with Crippen molar-refractivity contribution >= 4 is 111 Å². The molecule has 2 heterocycles. The Bertz CT molecular complexity index is 4380. The first-order valence-electron chi connectivity index (χ1n) is 45.8. The number of hydrogen-bond acceptors (Lipinski definition) is 27. The first-order chi connectivity index (χ1) is 63.4. The Balaban J connectivity index is 0.000000686. The molecule has 9 atom stereocenters. The van der Waals surface area contributed by atoms with Gasteiger partial charge in [-0.25, -0.2) is 0 Å². The second-order valence-corrected chi connectivity index (χ2v) is 34.8. The highest BCUT2D eigenvalue weighted by atomic mass is 16.5. The van der Waals surface area contributed by atoms with Crippen LogP contribution in [0.15, 0.2) is 90.1 Å². The van der Waals surface area contributed by atoms with E-state index in [0.29, 0.717) is 108 Å². The first kappa shape index (κ1) is 112. The second-order valence-electron chi connectivity index (χ2n) is 34.8. The number of aromatic hydroxyl groups is 1. The number of nitrogens with two attached hydrogens (primary N) is 2. The zero-order chi connectivity index (χ0) is 97.9. The third-order valence-corrected chi connectivity index (χ3v) is 23.2. The van der Waals surface area contributed by atoms with Crippen LogP contribution < -0.4 is 43.4 Å². The number of aliphatic hydroxyl groups is 2. The maximum Gasteiger partial charge on any atom is 0.317 e. The van der Waals surface area contributed by atoms with E-state index in [2.05, 4.69) is 41.9 Å². The van der Waals surface area contributed by atoms with Crippen molar-refractivity contribution in [3.63, 3.8) is 0 Å². The number of amides is 5. The van der Waals surface area contributed by atoms with Crippen molar-refractivity contribution in [3.8, 4) is 5.75 Å². The number of guanidine groups is 1. The molecule has 1 saturated heterocycles. The minimum Gasteiger partial charge on any atom is -0.508 e. The fourth-order valence-electron chi connectivity index (χ4n) is 16.0. The van der Waals surface area contributed by atoms with Gasteiger partial charge < -0.3 is 98.4 Å². The molecule has 4 aromatic rings. The highest BCUT2D eigenvalue weighted by Gasteiger charge is 2.39. The van der Waals surface area contributed by atoms with Crippen LogP contribution in [0.5, 0.6) is 5.75 Å². The Morgan fingerprint density at radius 2 is 0.970 bits per heavy atom. The number of aromatic nitrogens is 1. The number of Topliss-reactive ketones (excluding diaryl/α,β-unsaturated/α-hetero) is 7. The zero-order valence-electron chi connectivity index (χ0n) is 77.3. The molecule has 39 heteroatoms. The predicted molar refractivity (Wildman–Crippen MR) is 492 cm³/mol. The van der Waals surface area contributed by atoms with Crippen LogP contribution in [-0.4, -0.2) is 329 Å². The van der Waals surface area contributed by atoms with Crippen molar-refractivity contribution in [1.82, 2.24) is 56.5 Å². The number of H-pyrrole nitrogens is 1. The van der Waals surface area contributed by atoms with E-state index in [1.807, 2.05) is 44.0 Å². The summed E-state index contributed by atoms with van der Waals surface area (Å²) in [7, 11) is 1.85. The Morgan fingerprint density at radius 3 is 1.51 bits per heavy atom. The largest absolute Gasteiger partial charge is 0.508 e. The molecule has 1 aliphatic heterocycles. The molecule has 18 N–H and O–H groups in total. The predicted octanol–water partition coefficient (Wildman–Crippen LogP) is 2.18. The average molecular weight is 1870 g/mol. The quantitative estimate of drug-likeness (QED) is 0.0171. The number of nitrogens with one attached hydrogen (secondary N) is 7. The number of carboxylic acids is 4. The highest BCUT2D eigenvalue weighted by molar-refractivity contribution is 6.00. The minimum absolute atomic E-state index is 0.00186. The number of carboxylic acid groups (broad SMARTS) is 4. The molecule has 2 fully saturated rings. The number of benzene rings is 3.